The van der Waals surface area contributed by atoms with E-state index in [1.165, 1.54) is 12.4 Å². The Morgan fingerprint density at radius 3 is 2.69 bits per heavy atom. The van der Waals surface area contributed by atoms with Gasteiger partial charge in [-0.1, -0.05) is 17.3 Å². The zero-order valence-electron chi connectivity index (χ0n) is 16.1. The highest BCUT2D eigenvalue weighted by molar-refractivity contribution is 5.83. The number of nitrogens with zero attached hydrogens (tertiary/aromatic N) is 8. The summed E-state index contributed by atoms with van der Waals surface area (Å²) in [6.07, 6.45) is 1.64. The fourth-order valence-electron chi connectivity index (χ4n) is 3.57. The Hall–Kier alpha value is -3.63. The Morgan fingerprint density at radius 1 is 1.21 bits per heavy atom. The fourth-order valence-corrected chi connectivity index (χ4v) is 3.57. The van der Waals surface area contributed by atoms with Crippen LogP contribution in [0.4, 0.5) is 11.5 Å². The molecule has 0 bridgehead atoms. The minimum absolute atomic E-state index is 0.0388. The molecule has 0 unspecified atom stereocenters. The molecule has 29 heavy (non-hydrogen) atoms. The lowest BCUT2D eigenvalue weighted by atomic mass is 10.0. The molecule has 1 aromatic carbocycles. The largest absolute Gasteiger partial charge is 0.351 e. The maximum absolute atomic E-state index is 12.7. The second kappa shape index (κ2) is 7.41. The van der Waals surface area contributed by atoms with Crippen molar-refractivity contribution >= 4 is 28.6 Å². The minimum Gasteiger partial charge on any atom is -0.351 e. The number of aromatic nitrogens is 5. The Bertz CT molecular complexity index is 1090. The molecule has 1 amide bonds. The molecule has 150 valence electrons. The zero-order chi connectivity index (χ0) is 20.5. The van der Waals surface area contributed by atoms with E-state index in [4.69, 9.17) is 0 Å². The number of hydrogen-bond acceptors (Lipinski definition) is 8. The van der Waals surface area contributed by atoms with E-state index in [0.29, 0.717) is 54.3 Å². The van der Waals surface area contributed by atoms with Crippen molar-refractivity contribution in [2.45, 2.75) is 13.3 Å². The molecular formula is C18H20N8O3. The molecule has 0 atom stereocenters. The van der Waals surface area contributed by atoms with E-state index in [1.54, 1.807) is 35.7 Å². The number of aryl methyl sites for hydroxylation is 1. The van der Waals surface area contributed by atoms with Crippen LogP contribution in [0.5, 0.6) is 0 Å². The summed E-state index contributed by atoms with van der Waals surface area (Å²) in [5.41, 5.74) is 2.56. The van der Waals surface area contributed by atoms with Gasteiger partial charge in [-0.05, 0) is 12.5 Å². The van der Waals surface area contributed by atoms with Crippen LogP contribution in [0.25, 0.3) is 11.2 Å². The standard InChI is InChI=1S/C18H20N8O3/c1-12-13(4-3-5-14(12)26(28)29)10-15(27)24-6-8-25(9-7-24)18-16-17(19-11-20-18)23(2)22-21-16/h3-5,11H,6-10H2,1-2H3. The van der Waals surface area contributed by atoms with Gasteiger partial charge >= 0.3 is 0 Å². The van der Waals surface area contributed by atoms with Gasteiger partial charge in [0.15, 0.2) is 17.0 Å². The maximum atomic E-state index is 12.7. The molecule has 11 nitrogen and oxygen atoms in total. The normalized spacial score (nSPS) is 14.4. The predicted octanol–water partition coefficient (Wildman–Crippen LogP) is 0.866. The molecule has 4 rings (SSSR count). The minimum atomic E-state index is -0.420. The van der Waals surface area contributed by atoms with Gasteiger partial charge in [0, 0.05) is 44.9 Å². The first-order chi connectivity index (χ1) is 14.0. The Kier molecular flexibility index (Phi) is 4.79. The second-order valence-electron chi connectivity index (χ2n) is 6.95. The maximum Gasteiger partial charge on any atom is 0.272 e. The van der Waals surface area contributed by atoms with Gasteiger partial charge in [-0.2, -0.15) is 0 Å². The molecule has 1 saturated heterocycles. The predicted molar refractivity (Wildman–Crippen MR) is 104 cm³/mol. The highest BCUT2D eigenvalue weighted by Gasteiger charge is 2.25. The lowest BCUT2D eigenvalue weighted by molar-refractivity contribution is -0.385. The van der Waals surface area contributed by atoms with E-state index < -0.39 is 4.92 Å². The number of nitro benzene ring substituents is 1. The van der Waals surface area contributed by atoms with Crippen LogP contribution in [0, 0.1) is 17.0 Å². The number of anilines is 1. The molecule has 1 aliphatic rings. The van der Waals surface area contributed by atoms with Gasteiger partial charge in [0.2, 0.25) is 5.91 Å². The molecular weight excluding hydrogens is 376 g/mol. The first-order valence-electron chi connectivity index (χ1n) is 9.21. The van der Waals surface area contributed by atoms with Crippen molar-refractivity contribution in [3.05, 3.63) is 45.8 Å². The van der Waals surface area contributed by atoms with Crippen molar-refractivity contribution in [2.75, 3.05) is 31.1 Å². The van der Waals surface area contributed by atoms with Crippen LogP contribution in [0.1, 0.15) is 11.1 Å². The van der Waals surface area contributed by atoms with E-state index in [2.05, 4.69) is 25.2 Å². The van der Waals surface area contributed by atoms with Crippen LogP contribution >= 0.6 is 0 Å². The number of piperazine rings is 1. The van der Waals surface area contributed by atoms with Crippen LogP contribution < -0.4 is 4.90 Å². The Labute approximate surface area is 166 Å². The molecule has 11 heteroatoms. The molecule has 1 aliphatic heterocycles. The van der Waals surface area contributed by atoms with Crippen LogP contribution in [0.15, 0.2) is 24.5 Å². The Balaban J connectivity index is 1.44. The van der Waals surface area contributed by atoms with E-state index in [1.807, 2.05) is 0 Å². The topological polar surface area (TPSA) is 123 Å². The summed E-state index contributed by atoms with van der Waals surface area (Å²) in [6, 6.07) is 4.84. The number of amides is 1. The van der Waals surface area contributed by atoms with Gasteiger partial charge in [0.25, 0.3) is 5.69 Å². The van der Waals surface area contributed by atoms with Crippen LogP contribution in [0.3, 0.4) is 0 Å². The van der Waals surface area contributed by atoms with Crippen molar-refractivity contribution in [3.63, 3.8) is 0 Å². The van der Waals surface area contributed by atoms with Crippen LogP contribution in [-0.4, -0.2) is 66.9 Å². The fraction of sp³-hybridized carbons (Fsp3) is 0.389. The second-order valence-corrected chi connectivity index (χ2v) is 6.95. The molecule has 0 spiro atoms. The first-order valence-corrected chi connectivity index (χ1v) is 9.21. The van der Waals surface area contributed by atoms with Gasteiger partial charge in [-0.25, -0.2) is 14.6 Å². The highest BCUT2D eigenvalue weighted by atomic mass is 16.6. The number of carbonyl (C=O) groups is 1. The van der Waals surface area contributed by atoms with Crippen molar-refractivity contribution in [1.29, 1.82) is 0 Å². The van der Waals surface area contributed by atoms with E-state index in [9.17, 15) is 14.9 Å². The molecule has 1 fully saturated rings. The van der Waals surface area contributed by atoms with E-state index >= 15 is 0 Å². The van der Waals surface area contributed by atoms with Gasteiger partial charge in [-0.15, -0.1) is 5.10 Å². The molecule has 0 N–H and O–H groups in total. The Morgan fingerprint density at radius 2 is 1.97 bits per heavy atom. The molecule has 3 heterocycles. The number of rotatable bonds is 4. The first kappa shape index (κ1) is 18.7. The summed E-state index contributed by atoms with van der Waals surface area (Å²) in [4.78, 5) is 35.8. The summed E-state index contributed by atoms with van der Waals surface area (Å²) < 4.78 is 1.60. The average molecular weight is 396 g/mol. The molecule has 3 aromatic rings. The van der Waals surface area contributed by atoms with Crippen molar-refractivity contribution in [2.24, 2.45) is 7.05 Å². The third-order valence-corrected chi connectivity index (χ3v) is 5.26. The van der Waals surface area contributed by atoms with Crippen molar-refractivity contribution in [1.82, 2.24) is 29.9 Å². The summed E-state index contributed by atoms with van der Waals surface area (Å²) >= 11 is 0. The van der Waals surface area contributed by atoms with E-state index in [0.717, 1.165) is 0 Å². The number of carbonyl (C=O) groups excluding carboxylic acids is 1. The van der Waals surface area contributed by atoms with Crippen LogP contribution in [-0.2, 0) is 18.3 Å². The highest BCUT2D eigenvalue weighted by Crippen LogP contribution is 2.23. The average Bonchev–Trinajstić information content (AvgIpc) is 3.10. The zero-order valence-corrected chi connectivity index (χ0v) is 16.1. The summed E-state index contributed by atoms with van der Waals surface area (Å²) in [5.74, 6) is 0.672. The summed E-state index contributed by atoms with van der Waals surface area (Å²) in [5, 5.41) is 19.3. The molecule has 0 saturated carbocycles. The summed E-state index contributed by atoms with van der Waals surface area (Å²) in [7, 11) is 1.78. The van der Waals surface area contributed by atoms with E-state index in [-0.39, 0.29) is 18.0 Å². The van der Waals surface area contributed by atoms with Gasteiger partial charge in [-0.3, -0.25) is 14.9 Å². The molecule has 0 radical (unpaired) electrons. The smallest absolute Gasteiger partial charge is 0.272 e. The number of nitro groups is 1. The van der Waals surface area contributed by atoms with Crippen LogP contribution in [0.2, 0.25) is 0 Å². The number of hydrogen-bond donors (Lipinski definition) is 0. The summed E-state index contributed by atoms with van der Waals surface area (Å²) in [6.45, 7) is 3.99. The molecule has 2 aromatic heterocycles. The quantitative estimate of drug-likeness (QED) is 0.470. The third-order valence-electron chi connectivity index (χ3n) is 5.26. The lowest BCUT2D eigenvalue weighted by Crippen LogP contribution is -2.49. The SMILES string of the molecule is Cc1c(CC(=O)N2CCN(c3ncnc4c3nnn4C)CC2)cccc1[N+](=O)[O-]. The van der Waals surface area contributed by atoms with Crippen molar-refractivity contribution < 1.29 is 9.72 Å². The van der Waals surface area contributed by atoms with Gasteiger partial charge < -0.3 is 9.80 Å². The number of benzene rings is 1. The monoisotopic (exact) mass is 396 g/mol. The van der Waals surface area contributed by atoms with Gasteiger partial charge in [0.1, 0.15) is 6.33 Å². The van der Waals surface area contributed by atoms with Gasteiger partial charge in [0.05, 0.1) is 11.3 Å². The lowest BCUT2D eigenvalue weighted by Gasteiger charge is -2.35. The number of fused-ring (bicyclic) bond motifs is 1. The third kappa shape index (κ3) is 3.46. The molecule has 0 aliphatic carbocycles. The van der Waals surface area contributed by atoms with Crippen molar-refractivity contribution in [3.8, 4) is 0 Å².